The van der Waals surface area contributed by atoms with Crippen molar-refractivity contribution in [3.63, 3.8) is 0 Å². The molecule has 0 spiro atoms. The third-order valence-electron chi connectivity index (χ3n) is 1.95. The maximum Gasteiger partial charge on any atom is 0.167 e. The third kappa shape index (κ3) is 1.66. The van der Waals surface area contributed by atoms with Crippen molar-refractivity contribution in [1.29, 1.82) is 0 Å². The fourth-order valence-electron chi connectivity index (χ4n) is 1.23. The van der Waals surface area contributed by atoms with E-state index in [-0.39, 0.29) is 0 Å². The average Bonchev–Trinajstić information content (AvgIpc) is 2.53. The minimum atomic E-state index is 0.503. The van der Waals surface area contributed by atoms with Crippen molar-refractivity contribution in [3.05, 3.63) is 18.1 Å². The Hall–Kier alpha value is -1.45. The van der Waals surface area contributed by atoms with Gasteiger partial charge in [0, 0.05) is 12.1 Å². The largest absolute Gasteiger partial charge is 0.256 e. The number of hydrogen-bond donors (Lipinski definition) is 0. The molecule has 0 aromatic carbocycles. The zero-order chi connectivity index (χ0) is 9.26. The summed E-state index contributed by atoms with van der Waals surface area (Å²) in [6.07, 6.45) is 5.44. The molecule has 2 rings (SSSR count). The number of aryl methyl sites for hydroxylation is 1. The van der Waals surface area contributed by atoms with Crippen molar-refractivity contribution in [2.24, 2.45) is 11.0 Å². The van der Waals surface area contributed by atoms with E-state index >= 15 is 0 Å². The van der Waals surface area contributed by atoms with Gasteiger partial charge in [-0.3, -0.25) is 4.98 Å². The Bertz CT molecular complexity index is 317. The van der Waals surface area contributed by atoms with Gasteiger partial charge < -0.3 is 0 Å². The summed E-state index contributed by atoms with van der Waals surface area (Å²) in [6.45, 7) is 4.95. The smallest absolute Gasteiger partial charge is 0.167 e. The van der Waals surface area contributed by atoms with Gasteiger partial charge in [0.2, 0.25) is 0 Å². The summed E-state index contributed by atoms with van der Waals surface area (Å²) in [4.78, 5) is 8.42. The summed E-state index contributed by atoms with van der Waals surface area (Å²) < 4.78 is 0. The molecule has 4 heteroatoms. The van der Waals surface area contributed by atoms with Crippen LogP contribution in [0.4, 0.5) is 5.82 Å². The lowest BCUT2D eigenvalue weighted by Gasteiger charge is -2.12. The average molecular weight is 176 g/mol. The molecule has 0 saturated heterocycles. The highest BCUT2D eigenvalue weighted by atomic mass is 15.5. The first kappa shape index (κ1) is 8.16. The van der Waals surface area contributed by atoms with Gasteiger partial charge in [-0.2, -0.15) is 5.10 Å². The van der Waals surface area contributed by atoms with E-state index in [1.165, 1.54) is 0 Å². The number of anilines is 1. The van der Waals surface area contributed by atoms with Crippen LogP contribution in [0.3, 0.4) is 0 Å². The lowest BCUT2D eigenvalue weighted by molar-refractivity contribution is 0.768. The second kappa shape index (κ2) is 3.12. The zero-order valence-corrected chi connectivity index (χ0v) is 7.81. The van der Waals surface area contributed by atoms with E-state index in [2.05, 4.69) is 22.0 Å². The second-order valence-corrected chi connectivity index (χ2v) is 3.34. The summed E-state index contributed by atoms with van der Waals surface area (Å²) in [7, 11) is 0. The summed E-state index contributed by atoms with van der Waals surface area (Å²) in [5.74, 6) is 1.33. The summed E-state index contributed by atoms with van der Waals surface area (Å²) >= 11 is 0. The van der Waals surface area contributed by atoms with Crippen LogP contribution in [0.15, 0.2) is 17.5 Å². The van der Waals surface area contributed by atoms with Gasteiger partial charge in [-0.25, -0.2) is 9.99 Å². The van der Waals surface area contributed by atoms with Crippen LogP contribution in [-0.2, 0) is 0 Å². The van der Waals surface area contributed by atoms with Crippen LogP contribution in [0.25, 0.3) is 0 Å². The highest BCUT2D eigenvalue weighted by Gasteiger charge is 2.15. The van der Waals surface area contributed by atoms with Crippen LogP contribution in [0.2, 0.25) is 0 Å². The lowest BCUT2D eigenvalue weighted by Crippen LogP contribution is -2.17. The molecule has 0 bridgehead atoms. The van der Waals surface area contributed by atoms with Gasteiger partial charge in [0.25, 0.3) is 0 Å². The maximum atomic E-state index is 4.24. The fourth-order valence-corrected chi connectivity index (χ4v) is 1.23. The summed E-state index contributed by atoms with van der Waals surface area (Å²) in [5, 5.41) is 6.09. The molecular weight excluding hydrogens is 164 g/mol. The van der Waals surface area contributed by atoms with E-state index in [9.17, 15) is 0 Å². The molecule has 13 heavy (non-hydrogen) atoms. The molecule has 1 aliphatic heterocycles. The molecule has 0 amide bonds. The monoisotopic (exact) mass is 176 g/mol. The molecule has 0 aliphatic carbocycles. The Morgan fingerprint density at radius 2 is 2.23 bits per heavy atom. The Kier molecular flexibility index (Phi) is 1.96. The molecule has 1 aliphatic rings. The predicted molar refractivity (Wildman–Crippen MR) is 51.8 cm³/mol. The van der Waals surface area contributed by atoms with E-state index in [4.69, 9.17) is 0 Å². The van der Waals surface area contributed by atoms with Gasteiger partial charge in [-0.1, -0.05) is 6.92 Å². The first-order chi connectivity index (χ1) is 6.25. The van der Waals surface area contributed by atoms with Crippen molar-refractivity contribution in [3.8, 4) is 0 Å². The molecule has 0 fully saturated rings. The van der Waals surface area contributed by atoms with E-state index in [1.54, 1.807) is 12.4 Å². The molecule has 68 valence electrons. The van der Waals surface area contributed by atoms with E-state index in [1.807, 2.05) is 18.1 Å². The van der Waals surface area contributed by atoms with Gasteiger partial charge in [0.05, 0.1) is 24.6 Å². The van der Waals surface area contributed by atoms with Gasteiger partial charge in [0.1, 0.15) is 0 Å². The van der Waals surface area contributed by atoms with E-state index in [0.717, 1.165) is 18.1 Å². The van der Waals surface area contributed by atoms with Crippen molar-refractivity contribution in [1.82, 2.24) is 9.97 Å². The Morgan fingerprint density at radius 3 is 2.77 bits per heavy atom. The number of hydrogen-bond acceptors (Lipinski definition) is 4. The highest BCUT2D eigenvalue weighted by molar-refractivity contribution is 5.66. The summed E-state index contributed by atoms with van der Waals surface area (Å²) in [5.41, 5.74) is 0.931. The van der Waals surface area contributed by atoms with Gasteiger partial charge >= 0.3 is 0 Å². The van der Waals surface area contributed by atoms with Crippen LogP contribution < -0.4 is 5.01 Å². The standard InChI is InChI=1S/C9H12N4/c1-7-3-12-13(6-7)9-5-10-8(2)4-11-9/h3-5,7H,6H2,1-2H3. The summed E-state index contributed by atoms with van der Waals surface area (Å²) in [6, 6.07) is 0. The molecule has 2 heterocycles. The minimum absolute atomic E-state index is 0.503. The number of hydrazone groups is 1. The van der Waals surface area contributed by atoms with E-state index < -0.39 is 0 Å². The molecule has 4 nitrogen and oxygen atoms in total. The van der Waals surface area contributed by atoms with Crippen LogP contribution in [0.1, 0.15) is 12.6 Å². The SMILES string of the molecule is Cc1cnc(N2CC(C)C=N2)cn1. The Labute approximate surface area is 77.3 Å². The van der Waals surface area contributed by atoms with Crippen molar-refractivity contribution < 1.29 is 0 Å². The van der Waals surface area contributed by atoms with E-state index in [0.29, 0.717) is 5.92 Å². The molecule has 1 unspecified atom stereocenters. The quantitative estimate of drug-likeness (QED) is 0.646. The van der Waals surface area contributed by atoms with Gasteiger partial charge in [-0.05, 0) is 6.92 Å². The Morgan fingerprint density at radius 1 is 1.38 bits per heavy atom. The predicted octanol–water partition coefficient (Wildman–Crippen LogP) is 1.23. The molecule has 0 radical (unpaired) electrons. The molecule has 1 atom stereocenters. The molecular formula is C9H12N4. The third-order valence-corrected chi connectivity index (χ3v) is 1.95. The normalized spacial score (nSPS) is 21.1. The number of nitrogens with zero attached hydrogens (tertiary/aromatic N) is 4. The lowest BCUT2D eigenvalue weighted by atomic mass is 10.2. The van der Waals surface area contributed by atoms with Gasteiger partial charge in [0.15, 0.2) is 5.82 Å². The maximum absolute atomic E-state index is 4.24. The van der Waals surface area contributed by atoms with Crippen molar-refractivity contribution in [2.75, 3.05) is 11.6 Å². The van der Waals surface area contributed by atoms with Gasteiger partial charge in [-0.15, -0.1) is 0 Å². The van der Waals surface area contributed by atoms with Crippen LogP contribution in [0, 0.1) is 12.8 Å². The minimum Gasteiger partial charge on any atom is -0.256 e. The van der Waals surface area contributed by atoms with Crippen LogP contribution >= 0.6 is 0 Å². The molecule has 0 saturated carbocycles. The van der Waals surface area contributed by atoms with Crippen molar-refractivity contribution >= 4 is 12.0 Å². The first-order valence-electron chi connectivity index (χ1n) is 4.36. The Balaban J connectivity index is 2.18. The zero-order valence-electron chi connectivity index (χ0n) is 7.81. The number of rotatable bonds is 1. The van der Waals surface area contributed by atoms with Crippen molar-refractivity contribution in [2.45, 2.75) is 13.8 Å². The first-order valence-corrected chi connectivity index (χ1v) is 4.36. The van der Waals surface area contributed by atoms with Crippen LogP contribution in [0.5, 0.6) is 0 Å². The fraction of sp³-hybridized carbons (Fsp3) is 0.444. The second-order valence-electron chi connectivity index (χ2n) is 3.34. The molecule has 1 aromatic heterocycles. The topological polar surface area (TPSA) is 41.4 Å². The highest BCUT2D eigenvalue weighted by Crippen LogP contribution is 2.15. The van der Waals surface area contributed by atoms with Crippen LogP contribution in [-0.4, -0.2) is 22.7 Å². The number of aromatic nitrogens is 2. The molecule has 1 aromatic rings. The molecule has 0 N–H and O–H groups in total.